The van der Waals surface area contributed by atoms with Gasteiger partial charge in [-0.05, 0) is 31.1 Å². The molecule has 0 heteroatoms. The van der Waals surface area contributed by atoms with E-state index < -0.39 is 0 Å². The van der Waals surface area contributed by atoms with E-state index in [4.69, 9.17) is 0 Å². The summed E-state index contributed by atoms with van der Waals surface area (Å²) in [5, 5.41) is 0. The Morgan fingerprint density at radius 2 is 1.50 bits per heavy atom. The van der Waals surface area contributed by atoms with E-state index in [2.05, 4.69) is 12.2 Å². The van der Waals surface area contributed by atoms with Gasteiger partial charge in [-0.15, -0.1) is 0 Å². The first-order valence-electron chi connectivity index (χ1n) is 5.60. The van der Waals surface area contributed by atoms with Crippen LogP contribution in [0.3, 0.4) is 0 Å². The third-order valence-corrected chi connectivity index (χ3v) is 3.50. The van der Waals surface area contributed by atoms with E-state index >= 15 is 0 Å². The molecule has 0 saturated heterocycles. The fourth-order valence-electron chi connectivity index (χ4n) is 2.76. The number of hydrogen-bond acceptors (Lipinski definition) is 0. The fraction of sp³-hybridized carbons (Fsp3) is 0.833. The zero-order valence-corrected chi connectivity index (χ0v) is 7.97. The maximum atomic E-state index is 2.37. The van der Waals surface area contributed by atoms with Gasteiger partial charge in [0.15, 0.2) is 0 Å². The first-order valence-corrected chi connectivity index (χ1v) is 5.60. The molecule has 1 saturated carbocycles. The molecule has 0 bridgehead atoms. The molecule has 0 unspecified atom stereocenters. The molecule has 0 aromatic heterocycles. The predicted molar refractivity (Wildman–Crippen MR) is 53.1 cm³/mol. The summed E-state index contributed by atoms with van der Waals surface area (Å²) in [5.74, 6) is 2.11. The standard InChI is InChI=1S/C12H20/c1-2-6-11(7-3-1)10-12-8-4-5-9-12/h4-5,11-12H,1-3,6-10H2. The Morgan fingerprint density at radius 3 is 2.17 bits per heavy atom. The smallest absolute Gasteiger partial charge is 0.0319 e. The van der Waals surface area contributed by atoms with Crippen molar-refractivity contribution < 1.29 is 0 Å². The minimum Gasteiger partial charge on any atom is -0.0882 e. The number of allylic oxidation sites excluding steroid dienone is 2. The zero-order chi connectivity index (χ0) is 8.23. The largest absolute Gasteiger partial charge is 0.0882 e. The molecule has 12 heavy (non-hydrogen) atoms. The molecule has 2 aliphatic rings. The van der Waals surface area contributed by atoms with Gasteiger partial charge in [-0.1, -0.05) is 44.3 Å². The molecule has 1 fully saturated rings. The zero-order valence-electron chi connectivity index (χ0n) is 7.97. The van der Waals surface area contributed by atoms with Crippen LogP contribution in [0.15, 0.2) is 12.2 Å². The predicted octanol–water partition coefficient (Wildman–Crippen LogP) is 3.92. The second-order valence-corrected chi connectivity index (χ2v) is 4.55. The molecule has 0 amide bonds. The summed E-state index contributed by atoms with van der Waals surface area (Å²) < 4.78 is 0. The van der Waals surface area contributed by atoms with Gasteiger partial charge in [0.1, 0.15) is 0 Å². The highest BCUT2D eigenvalue weighted by atomic mass is 14.2. The van der Waals surface area contributed by atoms with Gasteiger partial charge in [0.05, 0.1) is 0 Å². The molecule has 0 atom stereocenters. The van der Waals surface area contributed by atoms with Crippen molar-refractivity contribution in [1.29, 1.82) is 0 Å². The van der Waals surface area contributed by atoms with Crippen molar-refractivity contribution >= 4 is 0 Å². The van der Waals surface area contributed by atoms with Crippen LogP contribution in [0, 0.1) is 11.8 Å². The lowest BCUT2D eigenvalue weighted by atomic mass is 9.82. The molecule has 0 aromatic rings. The molecule has 0 nitrogen and oxygen atoms in total. The van der Waals surface area contributed by atoms with Crippen molar-refractivity contribution in [1.82, 2.24) is 0 Å². The van der Waals surface area contributed by atoms with Gasteiger partial charge in [0, 0.05) is 0 Å². The quantitative estimate of drug-likeness (QED) is 0.543. The molecule has 68 valence electrons. The van der Waals surface area contributed by atoms with Crippen molar-refractivity contribution in [2.75, 3.05) is 0 Å². The van der Waals surface area contributed by atoms with E-state index in [-0.39, 0.29) is 0 Å². The molecule has 0 aromatic carbocycles. The Hall–Kier alpha value is -0.260. The fourth-order valence-corrected chi connectivity index (χ4v) is 2.76. The lowest BCUT2D eigenvalue weighted by Gasteiger charge is -2.24. The highest BCUT2D eigenvalue weighted by Gasteiger charge is 2.19. The summed E-state index contributed by atoms with van der Waals surface area (Å²) in [6.45, 7) is 0. The molecule has 0 N–H and O–H groups in total. The van der Waals surface area contributed by atoms with E-state index in [1.54, 1.807) is 0 Å². The van der Waals surface area contributed by atoms with Crippen molar-refractivity contribution in [2.45, 2.75) is 51.4 Å². The molecular formula is C12H20. The molecular weight excluding hydrogens is 144 g/mol. The Balaban J connectivity index is 1.70. The SMILES string of the molecule is C1=CCC(CC2CCCCC2)C1. The molecule has 0 spiro atoms. The summed E-state index contributed by atoms with van der Waals surface area (Å²) in [7, 11) is 0. The summed E-state index contributed by atoms with van der Waals surface area (Å²) in [6, 6.07) is 0. The minimum atomic E-state index is 1.02. The first kappa shape index (κ1) is 8.34. The first-order chi connectivity index (χ1) is 5.95. The average molecular weight is 164 g/mol. The summed E-state index contributed by atoms with van der Waals surface area (Å²) in [6.07, 6.45) is 16.6. The maximum absolute atomic E-state index is 2.37. The van der Waals surface area contributed by atoms with Crippen LogP contribution in [0.2, 0.25) is 0 Å². The van der Waals surface area contributed by atoms with E-state index in [0.717, 1.165) is 11.8 Å². The Labute approximate surface area is 76.1 Å². The van der Waals surface area contributed by atoms with Gasteiger partial charge in [-0.3, -0.25) is 0 Å². The average Bonchev–Trinajstić information content (AvgIpc) is 2.59. The lowest BCUT2D eigenvalue weighted by molar-refractivity contribution is 0.293. The van der Waals surface area contributed by atoms with Crippen LogP contribution in [0.5, 0.6) is 0 Å². The van der Waals surface area contributed by atoms with Gasteiger partial charge >= 0.3 is 0 Å². The Kier molecular flexibility index (Phi) is 2.86. The number of rotatable bonds is 2. The van der Waals surface area contributed by atoms with Gasteiger partial charge in [0.25, 0.3) is 0 Å². The van der Waals surface area contributed by atoms with E-state index in [1.807, 2.05) is 0 Å². The summed E-state index contributed by atoms with van der Waals surface area (Å²) in [5.41, 5.74) is 0. The Bertz CT molecular complexity index is 143. The summed E-state index contributed by atoms with van der Waals surface area (Å²) >= 11 is 0. The van der Waals surface area contributed by atoms with Gasteiger partial charge in [0.2, 0.25) is 0 Å². The van der Waals surface area contributed by atoms with Crippen LogP contribution < -0.4 is 0 Å². The van der Waals surface area contributed by atoms with Crippen molar-refractivity contribution in [3.63, 3.8) is 0 Å². The van der Waals surface area contributed by atoms with Crippen molar-refractivity contribution in [3.05, 3.63) is 12.2 Å². The molecule has 0 heterocycles. The monoisotopic (exact) mass is 164 g/mol. The van der Waals surface area contributed by atoms with Gasteiger partial charge < -0.3 is 0 Å². The highest BCUT2D eigenvalue weighted by molar-refractivity contribution is 4.94. The molecule has 0 radical (unpaired) electrons. The van der Waals surface area contributed by atoms with Crippen molar-refractivity contribution in [3.8, 4) is 0 Å². The highest BCUT2D eigenvalue weighted by Crippen LogP contribution is 2.33. The summed E-state index contributed by atoms with van der Waals surface area (Å²) in [4.78, 5) is 0. The van der Waals surface area contributed by atoms with Crippen LogP contribution in [-0.2, 0) is 0 Å². The second kappa shape index (κ2) is 4.11. The molecule has 2 aliphatic carbocycles. The van der Waals surface area contributed by atoms with Crippen LogP contribution in [0.4, 0.5) is 0 Å². The van der Waals surface area contributed by atoms with E-state index in [0.29, 0.717) is 0 Å². The van der Waals surface area contributed by atoms with Gasteiger partial charge in [-0.25, -0.2) is 0 Å². The van der Waals surface area contributed by atoms with Gasteiger partial charge in [-0.2, -0.15) is 0 Å². The third-order valence-electron chi connectivity index (χ3n) is 3.50. The Morgan fingerprint density at radius 1 is 0.833 bits per heavy atom. The lowest BCUT2D eigenvalue weighted by Crippen LogP contribution is -2.10. The van der Waals surface area contributed by atoms with Crippen LogP contribution in [-0.4, -0.2) is 0 Å². The molecule has 2 rings (SSSR count). The van der Waals surface area contributed by atoms with Crippen molar-refractivity contribution in [2.24, 2.45) is 11.8 Å². The van der Waals surface area contributed by atoms with E-state index in [9.17, 15) is 0 Å². The number of hydrogen-bond donors (Lipinski definition) is 0. The van der Waals surface area contributed by atoms with Crippen LogP contribution >= 0.6 is 0 Å². The van der Waals surface area contributed by atoms with Crippen LogP contribution in [0.1, 0.15) is 51.4 Å². The molecule has 0 aliphatic heterocycles. The normalized spacial score (nSPS) is 26.7. The minimum absolute atomic E-state index is 1.02. The third kappa shape index (κ3) is 2.12. The second-order valence-electron chi connectivity index (χ2n) is 4.55. The maximum Gasteiger partial charge on any atom is -0.0319 e. The van der Waals surface area contributed by atoms with E-state index in [1.165, 1.54) is 51.4 Å². The topological polar surface area (TPSA) is 0 Å². The van der Waals surface area contributed by atoms with Crippen LogP contribution in [0.25, 0.3) is 0 Å².